The minimum atomic E-state index is -0.184. The molecule has 0 bridgehead atoms. The second kappa shape index (κ2) is 7.35. The molecule has 3 heterocycles. The Labute approximate surface area is 139 Å². The number of aromatic nitrogens is 3. The molecular weight excluding hydrogens is 308 g/mol. The van der Waals surface area contributed by atoms with Gasteiger partial charge in [-0.25, -0.2) is 4.98 Å². The van der Waals surface area contributed by atoms with E-state index in [1.54, 1.807) is 19.5 Å². The smallest absolute Gasteiger partial charge is 0.251 e. The van der Waals surface area contributed by atoms with Crippen molar-refractivity contribution >= 4 is 5.91 Å². The minimum absolute atomic E-state index is 0.0472. The zero-order valence-corrected chi connectivity index (χ0v) is 13.6. The van der Waals surface area contributed by atoms with Crippen LogP contribution in [0.2, 0.25) is 0 Å². The van der Waals surface area contributed by atoms with E-state index in [-0.39, 0.29) is 17.4 Å². The highest BCUT2D eigenvalue weighted by atomic mass is 16.5. The Hall–Kier alpha value is -2.54. The topological polar surface area (TPSA) is 88.2 Å². The molecule has 126 valence electrons. The Morgan fingerprint density at radius 1 is 1.42 bits per heavy atom. The predicted molar refractivity (Wildman–Crippen MR) is 88.5 cm³/mol. The molecule has 1 saturated heterocycles. The first kappa shape index (κ1) is 16.3. The first-order valence-electron chi connectivity index (χ1n) is 7.95. The highest BCUT2D eigenvalue weighted by Gasteiger charge is 2.28. The first-order chi connectivity index (χ1) is 11.7. The zero-order valence-electron chi connectivity index (χ0n) is 13.6. The number of carbonyl (C=O) groups excluding carboxylic acids is 1. The van der Waals surface area contributed by atoms with Crippen molar-refractivity contribution in [3.05, 3.63) is 46.8 Å². The summed E-state index contributed by atoms with van der Waals surface area (Å²) in [6.07, 6.45) is 4.51. The maximum Gasteiger partial charge on any atom is 0.251 e. The molecule has 1 amide bonds. The molecule has 1 atom stereocenters. The maximum atomic E-state index is 12.1. The van der Waals surface area contributed by atoms with Crippen molar-refractivity contribution in [1.82, 2.24) is 19.9 Å². The van der Waals surface area contributed by atoms with Gasteiger partial charge in [0.15, 0.2) is 0 Å². The van der Waals surface area contributed by atoms with Gasteiger partial charge in [-0.3, -0.25) is 14.6 Å². The molecular formula is C17H20N4O3. The van der Waals surface area contributed by atoms with E-state index < -0.39 is 0 Å². The number of likely N-dealkylation sites (tertiary alicyclic amines) is 1. The number of carbonyl (C=O) groups is 1. The van der Waals surface area contributed by atoms with E-state index in [1.165, 1.54) is 6.07 Å². The molecule has 1 N–H and O–H groups in total. The number of rotatable bonds is 5. The predicted octanol–water partition coefficient (Wildman–Crippen LogP) is 1.18. The molecule has 0 radical (unpaired) electrons. The summed E-state index contributed by atoms with van der Waals surface area (Å²) in [6.45, 7) is 1.67. The summed E-state index contributed by atoms with van der Waals surface area (Å²) in [4.78, 5) is 37.3. The van der Waals surface area contributed by atoms with Crippen molar-refractivity contribution in [3.8, 4) is 11.3 Å². The lowest BCUT2D eigenvalue weighted by molar-refractivity contribution is -0.131. The highest BCUT2D eigenvalue weighted by molar-refractivity contribution is 5.76. The van der Waals surface area contributed by atoms with Gasteiger partial charge in [0.25, 0.3) is 5.56 Å². The number of ether oxygens (including phenoxy) is 1. The fourth-order valence-electron chi connectivity index (χ4n) is 2.90. The van der Waals surface area contributed by atoms with Crippen molar-refractivity contribution in [2.45, 2.75) is 18.8 Å². The van der Waals surface area contributed by atoms with Gasteiger partial charge in [0, 0.05) is 50.1 Å². The van der Waals surface area contributed by atoms with Crippen molar-refractivity contribution in [2.24, 2.45) is 0 Å². The summed E-state index contributed by atoms with van der Waals surface area (Å²) >= 11 is 0. The summed E-state index contributed by atoms with van der Waals surface area (Å²) in [6, 6.07) is 5.12. The third-order valence-electron chi connectivity index (χ3n) is 4.18. The molecule has 0 aromatic carbocycles. The summed E-state index contributed by atoms with van der Waals surface area (Å²) in [5.74, 6) is 0.759. The quantitative estimate of drug-likeness (QED) is 0.890. The zero-order chi connectivity index (χ0) is 16.9. The average molecular weight is 328 g/mol. The summed E-state index contributed by atoms with van der Waals surface area (Å²) < 4.78 is 4.95. The molecule has 1 aliphatic heterocycles. The van der Waals surface area contributed by atoms with Crippen LogP contribution < -0.4 is 5.56 Å². The standard InChI is InChI=1S/C17H20N4O3/c1-24-9-5-16(23)21-8-4-13(11-21)17-19-14(10-15(22)20-17)12-2-6-18-7-3-12/h2-3,6-7,10,13H,4-5,8-9,11H2,1H3,(H,19,20,22). The van der Waals surface area contributed by atoms with Crippen LogP contribution in [0.1, 0.15) is 24.6 Å². The number of aromatic amines is 1. The van der Waals surface area contributed by atoms with Crippen molar-refractivity contribution in [3.63, 3.8) is 0 Å². The van der Waals surface area contributed by atoms with Crippen LogP contribution in [0.4, 0.5) is 0 Å². The highest BCUT2D eigenvalue weighted by Crippen LogP contribution is 2.26. The third-order valence-corrected chi connectivity index (χ3v) is 4.18. The molecule has 7 nitrogen and oxygen atoms in total. The van der Waals surface area contributed by atoms with Crippen LogP contribution >= 0.6 is 0 Å². The molecule has 3 rings (SSSR count). The van der Waals surface area contributed by atoms with Crippen molar-refractivity contribution < 1.29 is 9.53 Å². The second-order valence-corrected chi connectivity index (χ2v) is 5.82. The Morgan fingerprint density at radius 3 is 2.96 bits per heavy atom. The van der Waals surface area contributed by atoms with Crippen LogP contribution in [-0.2, 0) is 9.53 Å². The van der Waals surface area contributed by atoms with Gasteiger partial charge in [0.2, 0.25) is 5.91 Å². The number of amides is 1. The van der Waals surface area contributed by atoms with Gasteiger partial charge in [-0.15, -0.1) is 0 Å². The van der Waals surface area contributed by atoms with Crippen LogP contribution in [-0.4, -0.2) is 52.6 Å². The first-order valence-corrected chi connectivity index (χ1v) is 7.95. The van der Waals surface area contributed by atoms with E-state index in [4.69, 9.17) is 4.74 Å². The monoisotopic (exact) mass is 328 g/mol. The van der Waals surface area contributed by atoms with Crippen molar-refractivity contribution in [2.75, 3.05) is 26.8 Å². The van der Waals surface area contributed by atoms with Gasteiger partial charge >= 0.3 is 0 Å². The number of hydrogen-bond donors (Lipinski definition) is 1. The molecule has 1 unspecified atom stereocenters. The fourth-order valence-corrected chi connectivity index (χ4v) is 2.90. The molecule has 1 fully saturated rings. The van der Waals surface area contributed by atoms with E-state index in [0.717, 1.165) is 12.0 Å². The normalized spacial score (nSPS) is 17.2. The van der Waals surface area contributed by atoms with Gasteiger partial charge in [0.1, 0.15) is 5.82 Å². The van der Waals surface area contributed by atoms with Crippen LogP contribution in [0.5, 0.6) is 0 Å². The molecule has 0 spiro atoms. The lowest BCUT2D eigenvalue weighted by Gasteiger charge is -2.16. The van der Waals surface area contributed by atoms with Crippen molar-refractivity contribution in [1.29, 1.82) is 0 Å². The van der Waals surface area contributed by atoms with Gasteiger partial charge < -0.3 is 14.6 Å². The molecule has 24 heavy (non-hydrogen) atoms. The second-order valence-electron chi connectivity index (χ2n) is 5.82. The van der Waals surface area contributed by atoms with E-state index >= 15 is 0 Å². The molecule has 0 saturated carbocycles. The van der Waals surface area contributed by atoms with E-state index in [1.807, 2.05) is 17.0 Å². The van der Waals surface area contributed by atoms with Crippen LogP contribution in [0.3, 0.4) is 0 Å². The largest absolute Gasteiger partial charge is 0.384 e. The molecule has 0 aliphatic carbocycles. The SMILES string of the molecule is COCCC(=O)N1CCC(c2nc(-c3ccncc3)cc(=O)[nH]2)C1. The molecule has 2 aromatic rings. The number of nitrogens with zero attached hydrogens (tertiary/aromatic N) is 3. The van der Waals surface area contributed by atoms with E-state index in [0.29, 0.717) is 37.6 Å². The minimum Gasteiger partial charge on any atom is -0.384 e. The Bertz CT molecular complexity index is 760. The number of nitrogens with one attached hydrogen (secondary N) is 1. The van der Waals surface area contributed by atoms with Gasteiger partial charge in [0.05, 0.1) is 18.7 Å². The summed E-state index contributed by atoms with van der Waals surface area (Å²) in [5, 5.41) is 0. The lowest BCUT2D eigenvalue weighted by Crippen LogP contribution is -2.29. The Kier molecular flexibility index (Phi) is 5.00. The fraction of sp³-hybridized carbons (Fsp3) is 0.412. The number of methoxy groups -OCH3 is 1. The number of pyridine rings is 1. The third kappa shape index (κ3) is 3.68. The Balaban J connectivity index is 1.77. The van der Waals surface area contributed by atoms with Gasteiger partial charge in [-0.1, -0.05) is 0 Å². The summed E-state index contributed by atoms with van der Waals surface area (Å²) in [7, 11) is 1.58. The molecule has 1 aliphatic rings. The lowest BCUT2D eigenvalue weighted by atomic mass is 10.1. The molecule has 7 heteroatoms. The van der Waals surface area contributed by atoms with Crippen LogP contribution in [0.15, 0.2) is 35.4 Å². The van der Waals surface area contributed by atoms with E-state index in [2.05, 4.69) is 15.0 Å². The van der Waals surface area contributed by atoms with E-state index in [9.17, 15) is 9.59 Å². The number of H-pyrrole nitrogens is 1. The average Bonchev–Trinajstić information content (AvgIpc) is 3.10. The van der Waals surface area contributed by atoms with Gasteiger partial charge in [-0.05, 0) is 18.6 Å². The van der Waals surface area contributed by atoms with Crippen LogP contribution in [0, 0.1) is 0 Å². The van der Waals surface area contributed by atoms with Gasteiger partial charge in [-0.2, -0.15) is 0 Å². The Morgan fingerprint density at radius 2 is 2.21 bits per heavy atom. The molecule has 2 aromatic heterocycles. The van der Waals surface area contributed by atoms with Crippen LogP contribution in [0.25, 0.3) is 11.3 Å². The summed E-state index contributed by atoms with van der Waals surface area (Å²) in [5.41, 5.74) is 1.29. The number of hydrogen-bond acceptors (Lipinski definition) is 5. The maximum absolute atomic E-state index is 12.1.